The van der Waals surface area contributed by atoms with Crippen molar-refractivity contribution in [3.8, 4) is 5.75 Å². The van der Waals surface area contributed by atoms with Crippen LogP contribution in [0.3, 0.4) is 0 Å². The highest BCUT2D eigenvalue weighted by atomic mass is 35.5. The number of rotatable bonds is 6. The van der Waals surface area contributed by atoms with E-state index >= 15 is 0 Å². The molecule has 0 aliphatic rings. The zero-order valence-electron chi connectivity index (χ0n) is 10.7. The first-order valence-electron chi connectivity index (χ1n) is 5.87. The Labute approximate surface area is 120 Å². The van der Waals surface area contributed by atoms with Crippen molar-refractivity contribution in [2.24, 2.45) is 5.73 Å². The fraction of sp³-hybridized carbons (Fsp3) is 0.538. The minimum absolute atomic E-state index is 0. The quantitative estimate of drug-likeness (QED) is 0.846. The summed E-state index contributed by atoms with van der Waals surface area (Å²) in [6.07, 6.45) is 2.21. The van der Waals surface area contributed by atoms with Crippen LogP contribution in [0.25, 0.3) is 0 Å². The van der Waals surface area contributed by atoms with Gasteiger partial charge in [-0.1, -0.05) is 37.4 Å². The molecule has 0 saturated carbocycles. The SMILES string of the molecule is CCCC[C@H](O)[C@H](N)c1ccc(Cl)c(OC)c1.Cl. The average molecular weight is 294 g/mol. The first-order chi connectivity index (χ1) is 8.10. The number of aliphatic hydroxyl groups excluding tert-OH is 1. The molecule has 0 unspecified atom stereocenters. The minimum Gasteiger partial charge on any atom is -0.495 e. The van der Waals surface area contributed by atoms with Crippen molar-refractivity contribution in [3.05, 3.63) is 28.8 Å². The smallest absolute Gasteiger partial charge is 0.137 e. The molecule has 3 N–H and O–H groups in total. The number of hydrogen-bond acceptors (Lipinski definition) is 3. The summed E-state index contributed by atoms with van der Waals surface area (Å²) in [5, 5.41) is 10.5. The van der Waals surface area contributed by atoms with Crippen molar-refractivity contribution in [3.63, 3.8) is 0 Å². The minimum atomic E-state index is -0.527. The first-order valence-corrected chi connectivity index (χ1v) is 6.25. The molecular weight excluding hydrogens is 273 g/mol. The maximum absolute atomic E-state index is 9.94. The molecule has 0 aliphatic heterocycles. The van der Waals surface area contributed by atoms with Gasteiger partial charge in [0.25, 0.3) is 0 Å². The van der Waals surface area contributed by atoms with E-state index in [2.05, 4.69) is 6.92 Å². The Bertz CT molecular complexity index is 361. The zero-order chi connectivity index (χ0) is 12.8. The molecule has 0 radical (unpaired) electrons. The molecule has 0 aliphatic carbocycles. The Morgan fingerprint density at radius 1 is 1.44 bits per heavy atom. The number of hydrogen-bond donors (Lipinski definition) is 2. The number of methoxy groups -OCH3 is 1. The molecule has 5 heteroatoms. The Morgan fingerprint density at radius 2 is 2.11 bits per heavy atom. The number of ether oxygens (including phenoxy) is 1. The third-order valence-corrected chi connectivity index (χ3v) is 3.14. The van der Waals surface area contributed by atoms with E-state index in [-0.39, 0.29) is 12.4 Å². The van der Waals surface area contributed by atoms with Gasteiger partial charge in [-0.25, -0.2) is 0 Å². The molecule has 1 aromatic rings. The first kappa shape index (κ1) is 17.5. The van der Waals surface area contributed by atoms with Crippen LogP contribution in [0.15, 0.2) is 18.2 Å². The lowest BCUT2D eigenvalue weighted by atomic mass is 9.98. The van der Waals surface area contributed by atoms with Gasteiger partial charge in [0.1, 0.15) is 5.75 Å². The van der Waals surface area contributed by atoms with Crippen LogP contribution in [-0.4, -0.2) is 18.3 Å². The number of aliphatic hydroxyl groups is 1. The topological polar surface area (TPSA) is 55.5 Å². The highest BCUT2D eigenvalue weighted by molar-refractivity contribution is 6.32. The van der Waals surface area contributed by atoms with E-state index in [1.807, 2.05) is 6.07 Å². The third kappa shape index (κ3) is 4.65. The Morgan fingerprint density at radius 3 is 2.67 bits per heavy atom. The fourth-order valence-corrected chi connectivity index (χ4v) is 1.89. The largest absolute Gasteiger partial charge is 0.495 e. The summed E-state index contributed by atoms with van der Waals surface area (Å²) >= 11 is 5.94. The Hall–Kier alpha value is -0.480. The summed E-state index contributed by atoms with van der Waals surface area (Å²) in [7, 11) is 1.56. The molecule has 3 nitrogen and oxygen atoms in total. The van der Waals surface area contributed by atoms with E-state index in [0.29, 0.717) is 17.2 Å². The van der Waals surface area contributed by atoms with Gasteiger partial charge in [0.15, 0.2) is 0 Å². The molecule has 104 valence electrons. The number of unbranched alkanes of at least 4 members (excludes halogenated alkanes) is 1. The van der Waals surface area contributed by atoms with E-state index in [4.69, 9.17) is 22.1 Å². The van der Waals surface area contributed by atoms with Crippen LogP contribution in [0.1, 0.15) is 37.8 Å². The normalized spacial score (nSPS) is 13.6. The molecule has 0 fully saturated rings. The second kappa shape index (κ2) is 8.59. The molecule has 0 aromatic heterocycles. The number of benzene rings is 1. The molecule has 0 spiro atoms. The van der Waals surface area contributed by atoms with Crippen molar-refractivity contribution < 1.29 is 9.84 Å². The standard InChI is InChI=1S/C13H20ClNO2.ClH/c1-3-4-5-11(16)13(15)9-6-7-10(14)12(8-9)17-2;/h6-8,11,13,16H,3-5,15H2,1-2H3;1H/t11-,13+;/m0./s1. The molecule has 0 amide bonds. The predicted molar refractivity (Wildman–Crippen MR) is 77.7 cm³/mol. The van der Waals surface area contributed by atoms with E-state index in [1.54, 1.807) is 19.2 Å². The van der Waals surface area contributed by atoms with E-state index in [0.717, 1.165) is 18.4 Å². The maximum atomic E-state index is 9.94. The van der Waals surface area contributed by atoms with Crippen molar-refractivity contribution in [2.75, 3.05) is 7.11 Å². The predicted octanol–water partition coefficient (Wildman–Crippen LogP) is 3.32. The Balaban J connectivity index is 0.00000289. The summed E-state index contributed by atoms with van der Waals surface area (Å²) in [6, 6.07) is 4.95. The van der Waals surface area contributed by atoms with Crippen molar-refractivity contribution in [1.29, 1.82) is 0 Å². The molecule has 0 saturated heterocycles. The highest BCUT2D eigenvalue weighted by Crippen LogP contribution is 2.28. The van der Waals surface area contributed by atoms with Gasteiger partial charge in [-0.3, -0.25) is 0 Å². The molecule has 1 rings (SSSR count). The molecule has 1 aromatic carbocycles. The van der Waals surface area contributed by atoms with Crippen molar-refractivity contribution in [2.45, 2.75) is 38.3 Å². The molecule has 0 heterocycles. The highest BCUT2D eigenvalue weighted by Gasteiger charge is 2.17. The second-order valence-electron chi connectivity index (χ2n) is 4.13. The lowest BCUT2D eigenvalue weighted by Gasteiger charge is -2.19. The number of nitrogens with two attached hydrogens (primary N) is 1. The van der Waals surface area contributed by atoms with Crippen molar-refractivity contribution in [1.82, 2.24) is 0 Å². The van der Waals surface area contributed by atoms with E-state index < -0.39 is 12.1 Å². The summed E-state index contributed by atoms with van der Waals surface area (Å²) in [4.78, 5) is 0. The van der Waals surface area contributed by atoms with E-state index in [9.17, 15) is 5.11 Å². The van der Waals surface area contributed by atoms with Crippen LogP contribution in [-0.2, 0) is 0 Å². The van der Waals surface area contributed by atoms with Gasteiger partial charge < -0.3 is 15.6 Å². The summed E-state index contributed by atoms with van der Waals surface area (Å²) < 4.78 is 5.13. The monoisotopic (exact) mass is 293 g/mol. The van der Waals surface area contributed by atoms with Gasteiger partial charge in [0, 0.05) is 0 Å². The second-order valence-corrected chi connectivity index (χ2v) is 4.54. The van der Waals surface area contributed by atoms with Crippen LogP contribution >= 0.6 is 24.0 Å². The van der Waals surface area contributed by atoms with E-state index in [1.165, 1.54) is 0 Å². The fourth-order valence-electron chi connectivity index (χ4n) is 1.70. The lowest BCUT2D eigenvalue weighted by Crippen LogP contribution is -2.26. The van der Waals surface area contributed by atoms with Gasteiger partial charge in [-0.05, 0) is 24.1 Å². The lowest BCUT2D eigenvalue weighted by molar-refractivity contribution is 0.132. The van der Waals surface area contributed by atoms with Gasteiger partial charge >= 0.3 is 0 Å². The van der Waals surface area contributed by atoms with Gasteiger partial charge in [0.2, 0.25) is 0 Å². The van der Waals surface area contributed by atoms with Gasteiger partial charge in [-0.2, -0.15) is 0 Å². The molecule has 18 heavy (non-hydrogen) atoms. The van der Waals surface area contributed by atoms with Crippen LogP contribution in [0.5, 0.6) is 5.75 Å². The average Bonchev–Trinajstić information content (AvgIpc) is 2.35. The van der Waals surface area contributed by atoms with Crippen molar-refractivity contribution >= 4 is 24.0 Å². The van der Waals surface area contributed by atoms with Gasteiger partial charge in [0.05, 0.1) is 24.3 Å². The maximum Gasteiger partial charge on any atom is 0.137 e. The molecule has 2 atom stereocenters. The molecule has 0 bridgehead atoms. The van der Waals surface area contributed by atoms with Crippen LogP contribution in [0, 0.1) is 0 Å². The number of halogens is 2. The molecular formula is C13H21Cl2NO2. The van der Waals surface area contributed by atoms with Crippen LogP contribution in [0.4, 0.5) is 0 Å². The van der Waals surface area contributed by atoms with Crippen LogP contribution < -0.4 is 10.5 Å². The van der Waals surface area contributed by atoms with Crippen LogP contribution in [0.2, 0.25) is 5.02 Å². The summed E-state index contributed by atoms with van der Waals surface area (Å²) in [6.45, 7) is 2.09. The Kier molecular flexibility index (Phi) is 8.36. The summed E-state index contributed by atoms with van der Waals surface area (Å²) in [5.74, 6) is 0.585. The van der Waals surface area contributed by atoms with Gasteiger partial charge in [-0.15, -0.1) is 12.4 Å². The third-order valence-electron chi connectivity index (χ3n) is 2.83. The zero-order valence-corrected chi connectivity index (χ0v) is 12.3. The summed E-state index contributed by atoms with van der Waals surface area (Å²) in [5.41, 5.74) is 6.85.